The molecule has 0 atom stereocenters. The van der Waals surface area contributed by atoms with E-state index in [4.69, 9.17) is 5.73 Å². The van der Waals surface area contributed by atoms with Crippen molar-refractivity contribution in [2.45, 2.75) is 37.1 Å². The van der Waals surface area contributed by atoms with Crippen LogP contribution in [0.5, 0.6) is 0 Å². The van der Waals surface area contributed by atoms with Gasteiger partial charge in [0, 0.05) is 49.9 Å². The molecule has 2 aliphatic rings. The summed E-state index contributed by atoms with van der Waals surface area (Å²) >= 11 is 0. The van der Waals surface area contributed by atoms with Crippen LogP contribution in [0.3, 0.4) is 0 Å². The van der Waals surface area contributed by atoms with Crippen molar-refractivity contribution < 1.29 is 0 Å². The average molecular weight is 350 g/mol. The fourth-order valence-corrected chi connectivity index (χ4v) is 4.91. The van der Waals surface area contributed by atoms with Crippen LogP contribution < -0.4 is 10.6 Å². The molecule has 2 N–H and O–H groups in total. The van der Waals surface area contributed by atoms with E-state index in [1.807, 2.05) is 0 Å². The Morgan fingerprint density at radius 2 is 1.38 bits per heavy atom. The second-order valence-electron chi connectivity index (χ2n) is 7.94. The highest BCUT2D eigenvalue weighted by atomic mass is 15.3. The molecular formula is C23H31N3. The Kier molecular flexibility index (Phi) is 5.28. The maximum atomic E-state index is 6.26. The van der Waals surface area contributed by atoms with Gasteiger partial charge in [-0.05, 0) is 43.4 Å². The van der Waals surface area contributed by atoms with Crippen LogP contribution in [0.15, 0.2) is 60.7 Å². The lowest BCUT2D eigenvalue weighted by Gasteiger charge is -2.46. The third kappa shape index (κ3) is 3.51. The maximum absolute atomic E-state index is 6.26. The maximum Gasteiger partial charge on any atom is 0.0367 e. The first-order chi connectivity index (χ1) is 12.8. The van der Waals surface area contributed by atoms with Crippen LogP contribution >= 0.6 is 0 Å². The fourth-order valence-electron chi connectivity index (χ4n) is 4.91. The normalized spacial score (nSPS) is 27.4. The van der Waals surface area contributed by atoms with Crippen LogP contribution in [-0.4, -0.2) is 43.7 Å². The third-order valence-corrected chi connectivity index (χ3v) is 6.64. The zero-order valence-electron chi connectivity index (χ0n) is 15.7. The smallest absolute Gasteiger partial charge is 0.0367 e. The van der Waals surface area contributed by atoms with Crippen LogP contribution in [0, 0.1) is 0 Å². The zero-order valence-corrected chi connectivity index (χ0v) is 15.7. The van der Waals surface area contributed by atoms with Gasteiger partial charge in [-0.2, -0.15) is 0 Å². The summed E-state index contributed by atoms with van der Waals surface area (Å²) in [4.78, 5) is 5.25. The summed E-state index contributed by atoms with van der Waals surface area (Å²) in [5.41, 5.74) is 9.26. The molecule has 1 aliphatic heterocycles. The Balaban J connectivity index is 1.34. The molecule has 26 heavy (non-hydrogen) atoms. The first kappa shape index (κ1) is 17.6. The lowest BCUT2D eigenvalue weighted by molar-refractivity contribution is 0.119. The summed E-state index contributed by atoms with van der Waals surface area (Å²) in [6.45, 7) is 5.41. The molecule has 2 aromatic rings. The van der Waals surface area contributed by atoms with E-state index in [9.17, 15) is 0 Å². The van der Waals surface area contributed by atoms with Gasteiger partial charge in [0.2, 0.25) is 0 Å². The number of hydrogen-bond acceptors (Lipinski definition) is 3. The number of hydrogen-bond donors (Lipinski definition) is 1. The summed E-state index contributed by atoms with van der Waals surface area (Å²) in [5.74, 6) is 0. The number of para-hydroxylation sites is 1. The van der Waals surface area contributed by atoms with Gasteiger partial charge in [0.1, 0.15) is 0 Å². The van der Waals surface area contributed by atoms with E-state index in [1.165, 1.54) is 50.0 Å². The summed E-state index contributed by atoms with van der Waals surface area (Å²) < 4.78 is 0. The largest absolute Gasteiger partial charge is 0.369 e. The quantitative estimate of drug-likeness (QED) is 0.914. The van der Waals surface area contributed by atoms with Gasteiger partial charge >= 0.3 is 0 Å². The van der Waals surface area contributed by atoms with Crippen LogP contribution in [0.2, 0.25) is 0 Å². The summed E-state index contributed by atoms with van der Waals surface area (Å²) in [5, 5.41) is 0. The number of nitrogens with two attached hydrogens (primary N) is 1. The SMILES string of the molecule is NCC1(c2ccccc2)CCC(N2CCN(c3ccccc3)CC2)CC1. The first-order valence-corrected chi connectivity index (χ1v) is 10.1. The van der Waals surface area contributed by atoms with E-state index in [0.29, 0.717) is 0 Å². The van der Waals surface area contributed by atoms with E-state index >= 15 is 0 Å². The molecule has 0 unspecified atom stereocenters. The molecule has 1 aliphatic carbocycles. The number of benzene rings is 2. The van der Waals surface area contributed by atoms with E-state index in [-0.39, 0.29) is 5.41 Å². The molecule has 2 aromatic carbocycles. The molecule has 0 amide bonds. The molecule has 0 bridgehead atoms. The molecule has 4 rings (SSSR count). The van der Waals surface area contributed by atoms with Crippen molar-refractivity contribution >= 4 is 5.69 Å². The molecular weight excluding hydrogens is 318 g/mol. The Morgan fingerprint density at radius 3 is 1.96 bits per heavy atom. The van der Waals surface area contributed by atoms with Crippen molar-refractivity contribution in [2.24, 2.45) is 5.73 Å². The lowest BCUT2D eigenvalue weighted by Crippen LogP contribution is -2.53. The molecule has 0 radical (unpaired) electrons. The van der Waals surface area contributed by atoms with E-state index < -0.39 is 0 Å². The molecule has 138 valence electrons. The van der Waals surface area contributed by atoms with Crippen molar-refractivity contribution in [3.63, 3.8) is 0 Å². The molecule has 1 saturated carbocycles. The summed E-state index contributed by atoms with van der Waals surface area (Å²) in [7, 11) is 0. The van der Waals surface area contributed by atoms with Crippen molar-refractivity contribution in [2.75, 3.05) is 37.6 Å². The minimum atomic E-state index is 0.198. The van der Waals surface area contributed by atoms with Crippen molar-refractivity contribution in [3.8, 4) is 0 Å². The van der Waals surface area contributed by atoms with Gasteiger partial charge in [-0.1, -0.05) is 48.5 Å². The Morgan fingerprint density at radius 1 is 0.808 bits per heavy atom. The highest BCUT2D eigenvalue weighted by Crippen LogP contribution is 2.40. The van der Waals surface area contributed by atoms with Gasteiger partial charge in [-0.3, -0.25) is 4.90 Å². The third-order valence-electron chi connectivity index (χ3n) is 6.64. The van der Waals surface area contributed by atoms with Crippen LogP contribution in [0.4, 0.5) is 5.69 Å². The Hall–Kier alpha value is -1.84. The zero-order chi connectivity index (χ0) is 17.8. The molecule has 2 fully saturated rings. The molecule has 0 aromatic heterocycles. The fraction of sp³-hybridized carbons (Fsp3) is 0.478. The van der Waals surface area contributed by atoms with Gasteiger partial charge < -0.3 is 10.6 Å². The Labute approximate surface area is 157 Å². The molecule has 1 heterocycles. The van der Waals surface area contributed by atoms with Crippen molar-refractivity contribution in [1.29, 1.82) is 0 Å². The summed E-state index contributed by atoms with van der Waals surface area (Å²) in [6.07, 6.45) is 4.99. The van der Waals surface area contributed by atoms with Gasteiger partial charge in [-0.25, -0.2) is 0 Å². The monoisotopic (exact) mass is 349 g/mol. The van der Waals surface area contributed by atoms with Crippen LogP contribution in [-0.2, 0) is 5.41 Å². The second-order valence-corrected chi connectivity index (χ2v) is 7.94. The molecule has 3 heteroatoms. The van der Waals surface area contributed by atoms with Gasteiger partial charge in [0.05, 0.1) is 0 Å². The molecule has 0 spiro atoms. The minimum absolute atomic E-state index is 0.198. The number of piperazine rings is 1. The predicted octanol–water partition coefficient (Wildman–Crippen LogP) is 3.65. The van der Waals surface area contributed by atoms with Crippen LogP contribution in [0.1, 0.15) is 31.2 Å². The topological polar surface area (TPSA) is 32.5 Å². The first-order valence-electron chi connectivity index (χ1n) is 10.1. The van der Waals surface area contributed by atoms with Crippen molar-refractivity contribution in [3.05, 3.63) is 66.2 Å². The second kappa shape index (κ2) is 7.81. The highest BCUT2D eigenvalue weighted by molar-refractivity contribution is 5.46. The predicted molar refractivity (Wildman–Crippen MR) is 110 cm³/mol. The van der Waals surface area contributed by atoms with Gasteiger partial charge in [0.25, 0.3) is 0 Å². The highest BCUT2D eigenvalue weighted by Gasteiger charge is 2.37. The number of rotatable bonds is 4. The Bertz CT molecular complexity index is 669. The van der Waals surface area contributed by atoms with E-state index in [2.05, 4.69) is 70.5 Å². The molecule has 1 saturated heterocycles. The minimum Gasteiger partial charge on any atom is -0.369 e. The van der Waals surface area contributed by atoms with Crippen molar-refractivity contribution in [1.82, 2.24) is 4.90 Å². The van der Waals surface area contributed by atoms with E-state index in [0.717, 1.165) is 25.7 Å². The standard InChI is InChI=1S/C23H31N3/c24-19-23(20-7-3-1-4-8-20)13-11-22(12-14-23)26-17-15-25(16-18-26)21-9-5-2-6-10-21/h1-10,22H,11-19,24H2. The van der Waals surface area contributed by atoms with Gasteiger partial charge in [-0.15, -0.1) is 0 Å². The van der Waals surface area contributed by atoms with Gasteiger partial charge in [0.15, 0.2) is 0 Å². The average Bonchev–Trinajstić information content (AvgIpc) is 2.75. The van der Waals surface area contributed by atoms with E-state index in [1.54, 1.807) is 0 Å². The number of nitrogens with zero attached hydrogens (tertiary/aromatic N) is 2. The number of anilines is 1. The molecule has 3 nitrogen and oxygen atoms in total. The lowest BCUT2D eigenvalue weighted by atomic mass is 9.68. The summed E-state index contributed by atoms with van der Waals surface area (Å²) in [6, 6.07) is 22.5. The van der Waals surface area contributed by atoms with Crippen LogP contribution in [0.25, 0.3) is 0 Å².